The third kappa shape index (κ3) is 1.64. The molecule has 0 N–H and O–H groups in total. The zero-order chi connectivity index (χ0) is 13.1. The van der Waals surface area contributed by atoms with Gasteiger partial charge in [-0.05, 0) is 60.3 Å². The monoisotopic (exact) mass is 248 g/mol. The van der Waals surface area contributed by atoms with Crippen LogP contribution in [-0.4, -0.2) is 12.1 Å². The summed E-state index contributed by atoms with van der Waals surface area (Å²) < 4.78 is 5.44. The number of carbonyl (C=O) groups is 1. The van der Waals surface area contributed by atoms with Crippen molar-refractivity contribution in [3.8, 4) is 0 Å². The van der Waals surface area contributed by atoms with Crippen LogP contribution in [0.15, 0.2) is 12.2 Å². The number of hydrogen-bond donors (Lipinski definition) is 0. The predicted molar refractivity (Wildman–Crippen MR) is 70.9 cm³/mol. The van der Waals surface area contributed by atoms with E-state index in [1.807, 2.05) is 0 Å². The molecule has 0 aromatic heterocycles. The van der Waals surface area contributed by atoms with Gasteiger partial charge in [0, 0.05) is 6.92 Å². The van der Waals surface area contributed by atoms with E-state index in [0.29, 0.717) is 11.3 Å². The number of rotatable bonds is 1. The Morgan fingerprint density at radius 1 is 1.33 bits per heavy atom. The second-order valence-electron chi connectivity index (χ2n) is 7.24. The lowest BCUT2D eigenvalue weighted by atomic mass is 9.72. The number of fused-ring (bicyclic) bond motifs is 3. The van der Waals surface area contributed by atoms with Crippen LogP contribution < -0.4 is 0 Å². The molecular formula is C16H24O2. The van der Waals surface area contributed by atoms with E-state index in [4.69, 9.17) is 4.74 Å². The van der Waals surface area contributed by atoms with Crippen molar-refractivity contribution in [1.29, 1.82) is 0 Å². The van der Waals surface area contributed by atoms with E-state index >= 15 is 0 Å². The molecule has 0 saturated heterocycles. The predicted octanol–water partition coefficient (Wildman–Crippen LogP) is 3.57. The van der Waals surface area contributed by atoms with Crippen molar-refractivity contribution in [3.05, 3.63) is 12.2 Å². The van der Waals surface area contributed by atoms with Crippen molar-refractivity contribution in [1.82, 2.24) is 0 Å². The minimum Gasteiger partial charge on any atom is -0.458 e. The highest BCUT2D eigenvalue weighted by molar-refractivity contribution is 5.66. The topological polar surface area (TPSA) is 26.3 Å². The highest BCUT2D eigenvalue weighted by atomic mass is 16.5. The number of ether oxygens (including phenoxy) is 1. The Bertz CT molecular complexity index is 396. The first-order valence-corrected chi connectivity index (χ1v) is 7.26. The van der Waals surface area contributed by atoms with Gasteiger partial charge in [0.1, 0.15) is 6.10 Å². The van der Waals surface area contributed by atoms with Crippen LogP contribution in [0.1, 0.15) is 46.5 Å². The third-order valence-corrected chi connectivity index (χ3v) is 5.74. The maximum Gasteiger partial charge on any atom is 0.303 e. The Labute approximate surface area is 110 Å². The molecule has 0 heterocycles. The molecule has 3 saturated carbocycles. The molecule has 3 aliphatic rings. The van der Waals surface area contributed by atoms with Gasteiger partial charge in [-0.1, -0.05) is 20.4 Å². The van der Waals surface area contributed by atoms with Crippen LogP contribution in [0.5, 0.6) is 0 Å². The van der Waals surface area contributed by atoms with Gasteiger partial charge in [0.2, 0.25) is 0 Å². The van der Waals surface area contributed by atoms with E-state index in [0.717, 1.165) is 24.2 Å². The summed E-state index contributed by atoms with van der Waals surface area (Å²) in [5, 5.41) is 0. The molecule has 2 nitrogen and oxygen atoms in total. The second-order valence-corrected chi connectivity index (χ2v) is 7.24. The molecule has 3 aliphatic carbocycles. The van der Waals surface area contributed by atoms with E-state index in [1.165, 1.54) is 31.8 Å². The molecule has 3 rings (SSSR count). The molecule has 100 valence electrons. The van der Waals surface area contributed by atoms with Gasteiger partial charge in [-0.2, -0.15) is 0 Å². The molecule has 2 heteroatoms. The van der Waals surface area contributed by atoms with Crippen molar-refractivity contribution in [2.45, 2.75) is 52.6 Å². The zero-order valence-electron chi connectivity index (χ0n) is 11.7. The Morgan fingerprint density at radius 2 is 2.06 bits per heavy atom. The molecule has 3 fully saturated rings. The summed E-state index contributed by atoms with van der Waals surface area (Å²) in [6.45, 7) is 10.6. The van der Waals surface area contributed by atoms with E-state index < -0.39 is 0 Å². The van der Waals surface area contributed by atoms with Crippen LogP contribution in [-0.2, 0) is 9.53 Å². The van der Waals surface area contributed by atoms with Crippen molar-refractivity contribution in [3.63, 3.8) is 0 Å². The van der Waals surface area contributed by atoms with E-state index in [1.54, 1.807) is 0 Å². The largest absolute Gasteiger partial charge is 0.458 e. The van der Waals surface area contributed by atoms with Gasteiger partial charge in [-0.3, -0.25) is 4.79 Å². The van der Waals surface area contributed by atoms with Crippen molar-refractivity contribution in [2.24, 2.45) is 29.1 Å². The smallest absolute Gasteiger partial charge is 0.303 e. The van der Waals surface area contributed by atoms with Crippen molar-refractivity contribution >= 4 is 5.97 Å². The van der Waals surface area contributed by atoms with Gasteiger partial charge in [-0.15, -0.1) is 0 Å². The third-order valence-electron chi connectivity index (χ3n) is 5.74. The van der Waals surface area contributed by atoms with Gasteiger partial charge in [-0.25, -0.2) is 0 Å². The Hall–Kier alpha value is -0.790. The Kier molecular flexibility index (Phi) is 2.62. The molecule has 0 radical (unpaired) electrons. The normalized spacial score (nSPS) is 44.8. The molecule has 0 aliphatic heterocycles. The number of carbonyl (C=O) groups excluding carboxylic acids is 1. The molecule has 0 spiro atoms. The summed E-state index contributed by atoms with van der Waals surface area (Å²) in [5.74, 6) is 2.83. The fraction of sp³-hybridized carbons (Fsp3) is 0.812. The minimum atomic E-state index is -0.164. The highest BCUT2D eigenvalue weighted by Crippen LogP contribution is 2.64. The van der Waals surface area contributed by atoms with Crippen molar-refractivity contribution in [2.75, 3.05) is 0 Å². The first-order chi connectivity index (χ1) is 8.40. The summed E-state index contributed by atoms with van der Waals surface area (Å²) in [7, 11) is 0. The van der Waals surface area contributed by atoms with Gasteiger partial charge in [0.25, 0.3) is 0 Å². The van der Waals surface area contributed by atoms with Gasteiger partial charge in [0.05, 0.1) is 0 Å². The SMILES string of the molecule is C=C1[C@H]2[C@H](C[C@@H]3CCC(C)(C)[C@@H]32)C[C@@H]1OC(C)=O. The Balaban J connectivity index is 1.82. The summed E-state index contributed by atoms with van der Waals surface area (Å²) >= 11 is 0. The van der Waals surface area contributed by atoms with Gasteiger partial charge < -0.3 is 4.74 Å². The van der Waals surface area contributed by atoms with Gasteiger partial charge >= 0.3 is 5.97 Å². The second kappa shape index (κ2) is 3.85. The molecule has 0 amide bonds. The summed E-state index contributed by atoms with van der Waals surface area (Å²) in [5.41, 5.74) is 1.65. The lowest BCUT2D eigenvalue weighted by Gasteiger charge is -2.32. The molecule has 0 bridgehead atoms. The van der Waals surface area contributed by atoms with Crippen LogP contribution in [0.4, 0.5) is 0 Å². The Morgan fingerprint density at radius 3 is 2.72 bits per heavy atom. The fourth-order valence-electron chi connectivity index (χ4n) is 5.16. The molecule has 0 unspecified atom stereocenters. The van der Waals surface area contributed by atoms with Crippen molar-refractivity contribution < 1.29 is 9.53 Å². The lowest BCUT2D eigenvalue weighted by molar-refractivity contribution is -0.144. The highest BCUT2D eigenvalue weighted by Gasteiger charge is 2.58. The van der Waals surface area contributed by atoms with Crippen LogP contribution in [0.2, 0.25) is 0 Å². The molecule has 0 aromatic rings. The van der Waals surface area contributed by atoms with Crippen LogP contribution in [0.3, 0.4) is 0 Å². The average Bonchev–Trinajstić information content (AvgIpc) is 2.82. The number of hydrogen-bond acceptors (Lipinski definition) is 2. The maximum absolute atomic E-state index is 11.2. The fourth-order valence-corrected chi connectivity index (χ4v) is 5.16. The lowest BCUT2D eigenvalue weighted by Crippen LogP contribution is -2.27. The zero-order valence-corrected chi connectivity index (χ0v) is 11.7. The van der Waals surface area contributed by atoms with E-state index in [9.17, 15) is 4.79 Å². The summed E-state index contributed by atoms with van der Waals surface area (Å²) in [6, 6.07) is 0. The average molecular weight is 248 g/mol. The minimum absolute atomic E-state index is 0.00477. The maximum atomic E-state index is 11.2. The van der Waals surface area contributed by atoms with E-state index in [-0.39, 0.29) is 12.1 Å². The van der Waals surface area contributed by atoms with Crippen LogP contribution in [0, 0.1) is 29.1 Å². The first-order valence-electron chi connectivity index (χ1n) is 7.26. The number of esters is 1. The van der Waals surface area contributed by atoms with Crippen LogP contribution in [0.25, 0.3) is 0 Å². The summed E-state index contributed by atoms with van der Waals surface area (Å²) in [4.78, 5) is 11.2. The van der Waals surface area contributed by atoms with Crippen LogP contribution >= 0.6 is 0 Å². The first kappa shape index (κ1) is 12.3. The molecule has 0 aromatic carbocycles. The summed E-state index contributed by atoms with van der Waals surface area (Å²) in [6.07, 6.45) is 5.07. The van der Waals surface area contributed by atoms with Gasteiger partial charge in [0.15, 0.2) is 0 Å². The quantitative estimate of drug-likeness (QED) is 0.524. The molecule has 18 heavy (non-hydrogen) atoms. The molecular weight excluding hydrogens is 224 g/mol. The van der Waals surface area contributed by atoms with E-state index in [2.05, 4.69) is 20.4 Å². The molecule has 5 atom stereocenters. The standard InChI is InChI=1S/C16H24O2/c1-9-13(18-10(2)17)8-12-7-11-5-6-16(3,4)15(11)14(9)12/h11-15H,1,5-8H2,2-4H3/t11-,12+,13-,14-,15-/m0/s1.